The summed E-state index contributed by atoms with van der Waals surface area (Å²) in [6.45, 7) is 4.66. The fourth-order valence-corrected chi connectivity index (χ4v) is 4.04. The van der Waals surface area contributed by atoms with Gasteiger partial charge in [0.1, 0.15) is 0 Å². The summed E-state index contributed by atoms with van der Waals surface area (Å²) in [6, 6.07) is 14.3. The molecule has 0 radical (unpaired) electrons. The molecule has 1 amide bonds. The normalized spacial score (nSPS) is 13.3. The minimum Gasteiger partial charge on any atom is -0.355 e. The van der Waals surface area contributed by atoms with Crippen LogP contribution in [-0.4, -0.2) is 32.9 Å². The summed E-state index contributed by atoms with van der Waals surface area (Å²) < 4.78 is 0. The molecule has 3 rings (SSSR count). The van der Waals surface area contributed by atoms with Gasteiger partial charge in [-0.15, -0.1) is 16.4 Å². The molecule has 0 saturated heterocycles. The third kappa shape index (κ3) is 4.74. The van der Waals surface area contributed by atoms with Crippen LogP contribution in [-0.2, 0) is 4.79 Å². The number of H-pyrrole nitrogens is 1. The average molecular weight is 387 g/mol. The van der Waals surface area contributed by atoms with Gasteiger partial charge in [0.25, 0.3) is 0 Å². The molecule has 26 heavy (non-hydrogen) atoms. The van der Waals surface area contributed by atoms with Gasteiger partial charge in [-0.1, -0.05) is 55.1 Å². The summed E-state index contributed by atoms with van der Waals surface area (Å²) in [4.78, 5) is 17.9. The van der Waals surface area contributed by atoms with Gasteiger partial charge in [0, 0.05) is 12.5 Å². The van der Waals surface area contributed by atoms with Crippen molar-refractivity contribution in [1.29, 1.82) is 0 Å². The lowest BCUT2D eigenvalue weighted by atomic mass is 9.96. The van der Waals surface area contributed by atoms with E-state index in [0.717, 1.165) is 17.1 Å². The number of benzene rings is 1. The molecule has 0 aliphatic rings. The molecule has 7 heteroatoms. The van der Waals surface area contributed by atoms with Crippen LogP contribution in [0.15, 0.2) is 53.0 Å². The second-order valence-corrected chi connectivity index (χ2v) is 8.22. The maximum Gasteiger partial charge on any atom is 0.233 e. The molecule has 1 aromatic carbocycles. The topological polar surface area (TPSA) is 70.7 Å². The van der Waals surface area contributed by atoms with E-state index in [4.69, 9.17) is 0 Å². The molecule has 2 aromatic heterocycles. The molecule has 2 N–H and O–H groups in total. The second-order valence-electron chi connectivity index (χ2n) is 5.96. The van der Waals surface area contributed by atoms with Crippen LogP contribution < -0.4 is 5.32 Å². The summed E-state index contributed by atoms with van der Waals surface area (Å²) in [6.07, 6.45) is 0.983. The first-order chi connectivity index (χ1) is 12.7. The Balaban J connectivity index is 1.53. The number of aromatic amines is 1. The monoisotopic (exact) mass is 386 g/mol. The number of nitrogens with one attached hydrogen (secondary N) is 2. The first-order valence-electron chi connectivity index (χ1n) is 8.63. The number of carbonyl (C=O) groups excluding carboxylic acids is 1. The first-order valence-corrected chi connectivity index (χ1v) is 10.4. The Kier molecular flexibility index (Phi) is 6.46. The molecule has 0 aliphatic carbocycles. The standard InChI is InChI=1S/C19H22N4OS2/c1-3-14(15-8-5-4-6-9-15)12-20-18(24)13(2)26-19-21-17(22-23-19)16-10-7-11-25-16/h4-11,13-14H,3,12H2,1-2H3,(H,20,24)(H,21,22,23)/t13-,14+/m0/s1. The van der Waals surface area contributed by atoms with Gasteiger partial charge in [0.15, 0.2) is 5.82 Å². The zero-order valence-corrected chi connectivity index (χ0v) is 16.4. The molecular weight excluding hydrogens is 364 g/mol. The number of hydrogen-bond acceptors (Lipinski definition) is 5. The molecule has 2 heterocycles. The minimum atomic E-state index is -0.254. The van der Waals surface area contributed by atoms with E-state index in [9.17, 15) is 4.79 Å². The van der Waals surface area contributed by atoms with Crippen molar-refractivity contribution in [3.8, 4) is 10.7 Å². The smallest absolute Gasteiger partial charge is 0.233 e. The lowest BCUT2D eigenvalue weighted by molar-refractivity contribution is -0.120. The second kappa shape index (κ2) is 9.00. The van der Waals surface area contributed by atoms with Crippen LogP contribution in [0.4, 0.5) is 0 Å². The Labute approximate surface area is 161 Å². The summed E-state index contributed by atoms with van der Waals surface area (Å²) >= 11 is 2.97. The number of hydrogen-bond donors (Lipinski definition) is 2. The summed E-state index contributed by atoms with van der Waals surface area (Å²) in [5, 5.41) is 12.5. The van der Waals surface area contributed by atoms with Crippen LogP contribution >= 0.6 is 23.1 Å². The van der Waals surface area contributed by atoms with Crippen molar-refractivity contribution >= 4 is 29.0 Å². The van der Waals surface area contributed by atoms with E-state index in [1.165, 1.54) is 17.3 Å². The Morgan fingerprint density at radius 1 is 1.27 bits per heavy atom. The number of rotatable bonds is 8. The van der Waals surface area contributed by atoms with E-state index in [2.05, 4.69) is 39.6 Å². The van der Waals surface area contributed by atoms with Crippen LogP contribution in [0.25, 0.3) is 10.7 Å². The van der Waals surface area contributed by atoms with Gasteiger partial charge in [-0.25, -0.2) is 4.98 Å². The van der Waals surface area contributed by atoms with E-state index >= 15 is 0 Å². The van der Waals surface area contributed by atoms with Gasteiger partial charge >= 0.3 is 0 Å². The van der Waals surface area contributed by atoms with Crippen molar-refractivity contribution < 1.29 is 4.79 Å². The van der Waals surface area contributed by atoms with Crippen molar-refractivity contribution in [2.45, 2.75) is 36.6 Å². The van der Waals surface area contributed by atoms with E-state index in [0.29, 0.717) is 17.6 Å². The van der Waals surface area contributed by atoms with E-state index < -0.39 is 0 Å². The van der Waals surface area contributed by atoms with Crippen LogP contribution in [0.3, 0.4) is 0 Å². The Bertz CT molecular complexity index is 817. The number of amides is 1. The third-order valence-corrected chi connectivity index (χ3v) is 5.99. The number of carbonyl (C=O) groups is 1. The number of thioether (sulfide) groups is 1. The van der Waals surface area contributed by atoms with Gasteiger partial charge in [-0.2, -0.15) is 0 Å². The van der Waals surface area contributed by atoms with Gasteiger partial charge in [0.2, 0.25) is 11.1 Å². The minimum absolute atomic E-state index is 0.00635. The van der Waals surface area contributed by atoms with E-state index in [-0.39, 0.29) is 11.2 Å². The summed E-state index contributed by atoms with van der Waals surface area (Å²) in [5.41, 5.74) is 1.25. The lowest BCUT2D eigenvalue weighted by Crippen LogP contribution is -2.34. The largest absolute Gasteiger partial charge is 0.355 e. The van der Waals surface area contributed by atoms with Crippen molar-refractivity contribution in [1.82, 2.24) is 20.5 Å². The molecular formula is C19H22N4OS2. The Hall–Kier alpha value is -2.12. The average Bonchev–Trinajstić information content (AvgIpc) is 3.34. The van der Waals surface area contributed by atoms with E-state index in [1.807, 2.05) is 42.6 Å². The van der Waals surface area contributed by atoms with Gasteiger partial charge < -0.3 is 5.32 Å². The molecule has 0 fully saturated rings. The zero-order valence-electron chi connectivity index (χ0n) is 14.8. The predicted octanol–water partition coefficient (Wildman–Crippen LogP) is 4.32. The van der Waals surface area contributed by atoms with Crippen LogP contribution in [0.1, 0.15) is 31.7 Å². The summed E-state index contributed by atoms with van der Waals surface area (Å²) in [7, 11) is 0. The highest BCUT2D eigenvalue weighted by Gasteiger charge is 2.19. The Morgan fingerprint density at radius 3 is 2.77 bits per heavy atom. The van der Waals surface area contributed by atoms with Gasteiger partial charge in [-0.3, -0.25) is 9.89 Å². The third-order valence-electron chi connectivity index (χ3n) is 4.16. The Morgan fingerprint density at radius 2 is 2.08 bits per heavy atom. The lowest BCUT2D eigenvalue weighted by Gasteiger charge is -2.17. The molecule has 0 spiro atoms. The molecule has 0 unspecified atom stereocenters. The van der Waals surface area contributed by atoms with Crippen molar-refractivity contribution in [2.24, 2.45) is 0 Å². The van der Waals surface area contributed by atoms with Crippen LogP contribution in [0.5, 0.6) is 0 Å². The predicted molar refractivity (Wildman–Crippen MR) is 107 cm³/mol. The molecule has 2 atom stereocenters. The zero-order chi connectivity index (χ0) is 18.4. The molecule has 136 valence electrons. The fourth-order valence-electron chi connectivity index (χ4n) is 2.62. The molecule has 0 aliphatic heterocycles. The number of aromatic nitrogens is 3. The molecule has 0 saturated carbocycles. The van der Waals surface area contributed by atoms with Crippen LogP contribution in [0, 0.1) is 0 Å². The quantitative estimate of drug-likeness (QED) is 0.566. The van der Waals surface area contributed by atoms with Crippen LogP contribution in [0.2, 0.25) is 0 Å². The highest BCUT2D eigenvalue weighted by atomic mass is 32.2. The molecule has 3 aromatic rings. The maximum absolute atomic E-state index is 12.4. The van der Waals surface area contributed by atoms with Crippen molar-refractivity contribution in [3.05, 3.63) is 53.4 Å². The van der Waals surface area contributed by atoms with Gasteiger partial charge in [0.05, 0.1) is 10.1 Å². The fraction of sp³-hybridized carbons (Fsp3) is 0.316. The van der Waals surface area contributed by atoms with Crippen molar-refractivity contribution in [3.63, 3.8) is 0 Å². The maximum atomic E-state index is 12.4. The van der Waals surface area contributed by atoms with Gasteiger partial charge in [-0.05, 0) is 30.4 Å². The SMILES string of the molecule is CC[C@H](CNC(=O)[C@H](C)Sc1n[nH]c(-c2cccs2)n1)c1ccccc1. The number of nitrogens with zero attached hydrogens (tertiary/aromatic N) is 2. The molecule has 0 bridgehead atoms. The highest BCUT2D eigenvalue weighted by Crippen LogP contribution is 2.25. The highest BCUT2D eigenvalue weighted by molar-refractivity contribution is 8.00. The first kappa shape index (κ1) is 18.7. The summed E-state index contributed by atoms with van der Waals surface area (Å²) in [5.74, 6) is 1.07. The van der Waals surface area contributed by atoms with Crippen molar-refractivity contribution in [2.75, 3.05) is 6.54 Å². The number of thiophene rings is 1. The molecule has 5 nitrogen and oxygen atoms in total. The van der Waals surface area contributed by atoms with E-state index in [1.54, 1.807) is 11.3 Å².